The molecule has 7 heteroatoms. The van der Waals surface area contributed by atoms with Gasteiger partial charge in [-0.2, -0.15) is 10.5 Å². The molecular weight excluding hydrogens is 244 g/mol. The lowest BCUT2D eigenvalue weighted by molar-refractivity contribution is 0.590. The van der Waals surface area contributed by atoms with Gasteiger partial charge in [-0.05, 0) is 12.1 Å². The average Bonchev–Trinajstić information content (AvgIpc) is 2.87. The van der Waals surface area contributed by atoms with Gasteiger partial charge in [0.05, 0.1) is 11.3 Å². The maximum atomic E-state index is 8.66. The van der Waals surface area contributed by atoms with E-state index in [9.17, 15) is 0 Å². The molecule has 0 fully saturated rings. The van der Waals surface area contributed by atoms with Crippen LogP contribution < -0.4 is 11.1 Å². The summed E-state index contributed by atoms with van der Waals surface area (Å²) in [5, 5.41) is 27.5. The third-order valence-corrected chi connectivity index (χ3v) is 2.21. The van der Waals surface area contributed by atoms with Crippen molar-refractivity contribution in [1.82, 2.24) is 10.2 Å². The van der Waals surface area contributed by atoms with E-state index in [1.54, 1.807) is 36.4 Å². The van der Waals surface area contributed by atoms with Crippen LogP contribution in [0.5, 0.6) is 0 Å². The van der Waals surface area contributed by atoms with Crippen molar-refractivity contribution in [3.05, 3.63) is 36.0 Å². The monoisotopic (exact) mass is 252 g/mol. The number of nitrogen functional groups attached to an aromatic ring is 1. The molecule has 0 bridgehead atoms. The third kappa shape index (κ3) is 2.68. The minimum Gasteiger partial charge on any atom is -0.403 e. The molecule has 92 valence electrons. The molecule has 3 N–H and O–H groups in total. The molecule has 0 aliphatic carbocycles. The fraction of sp³-hybridized carbons (Fsp3) is 0. The molecule has 0 saturated heterocycles. The number of nitriles is 2. The topological polar surface area (TPSA) is 125 Å². The number of allylic oxidation sites excluding steroid dienone is 1. The zero-order valence-corrected chi connectivity index (χ0v) is 9.66. The highest BCUT2D eigenvalue weighted by Gasteiger charge is 2.10. The van der Waals surface area contributed by atoms with Gasteiger partial charge in [-0.25, -0.2) is 0 Å². The number of anilines is 2. The molecule has 1 heterocycles. The average molecular weight is 252 g/mol. The maximum absolute atomic E-state index is 8.66. The Hall–Kier alpha value is -3.32. The molecular formula is C12H8N6O. The molecule has 0 aliphatic heterocycles. The second-order valence-electron chi connectivity index (χ2n) is 3.42. The number of hydrogen-bond acceptors (Lipinski definition) is 7. The summed E-state index contributed by atoms with van der Waals surface area (Å²) in [6.07, 6.45) is 1.30. The van der Waals surface area contributed by atoms with Crippen molar-refractivity contribution in [3.8, 4) is 23.6 Å². The maximum Gasteiger partial charge on any atom is 0.313 e. The summed E-state index contributed by atoms with van der Waals surface area (Å²) in [6, 6.07) is 10.6. The second kappa shape index (κ2) is 5.34. The zero-order valence-electron chi connectivity index (χ0n) is 9.66. The minimum atomic E-state index is -0.0418. The Labute approximate surface area is 108 Å². The Morgan fingerprint density at radius 2 is 2.00 bits per heavy atom. The van der Waals surface area contributed by atoms with E-state index < -0.39 is 0 Å². The van der Waals surface area contributed by atoms with Crippen molar-refractivity contribution in [2.75, 3.05) is 11.1 Å². The highest BCUT2D eigenvalue weighted by atomic mass is 16.4. The van der Waals surface area contributed by atoms with Crippen molar-refractivity contribution < 1.29 is 4.42 Å². The first-order chi connectivity index (χ1) is 9.24. The predicted octanol–water partition coefficient (Wildman–Crippen LogP) is 1.66. The van der Waals surface area contributed by atoms with Gasteiger partial charge in [0.2, 0.25) is 0 Å². The van der Waals surface area contributed by atoms with Crippen LogP contribution in [0.3, 0.4) is 0 Å². The van der Waals surface area contributed by atoms with Crippen LogP contribution in [-0.2, 0) is 0 Å². The van der Waals surface area contributed by atoms with Crippen molar-refractivity contribution >= 4 is 11.7 Å². The fourth-order valence-electron chi connectivity index (χ4n) is 1.38. The first-order valence-corrected chi connectivity index (χ1v) is 5.20. The Bertz CT molecular complexity index is 687. The molecule has 0 saturated carbocycles. The van der Waals surface area contributed by atoms with Gasteiger partial charge in [0.1, 0.15) is 17.7 Å². The van der Waals surface area contributed by atoms with Gasteiger partial charge < -0.3 is 15.5 Å². The van der Waals surface area contributed by atoms with Gasteiger partial charge in [0.25, 0.3) is 5.89 Å². The highest BCUT2D eigenvalue weighted by Crippen LogP contribution is 2.27. The van der Waals surface area contributed by atoms with Crippen LogP contribution in [-0.4, -0.2) is 10.2 Å². The van der Waals surface area contributed by atoms with Gasteiger partial charge >= 0.3 is 6.01 Å². The van der Waals surface area contributed by atoms with E-state index in [2.05, 4.69) is 15.5 Å². The molecule has 1 aromatic carbocycles. The van der Waals surface area contributed by atoms with Crippen molar-refractivity contribution in [2.45, 2.75) is 0 Å². The smallest absolute Gasteiger partial charge is 0.313 e. The number of hydrogen-bond donors (Lipinski definition) is 2. The molecule has 0 aliphatic rings. The highest BCUT2D eigenvalue weighted by molar-refractivity contribution is 5.73. The number of nitrogens with one attached hydrogen (secondary N) is 1. The molecule has 1 aromatic heterocycles. The number of nitrogens with two attached hydrogens (primary N) is 1. The van der Waals surface area contributed by atoms with E-state index in [4.69, 9.17) is 20.7 Å². The van der Waals surface area contributed by atoms with Crippen LogP contribution in [0.1, 0.15) is 0 Å². The lowest BCUT2D eigenvalue weighted by atomic mass is 10.2. The van der Waals surface area contributed by atoms with E-state index in [-0.39, 0.29) is 17.5 Å². The second-order valence-corrected chi connectivity index (χ2v) is 3.42. The summed E-state index contributed by atoms with van der Waals surface area (Å²) >= 11 is 0. The van der Waals surface area contributed by atoms with Crippen LogP contribution in [0, 0.1) is 22.7 Å². The summed E-state index contributed by atoms with van der Waals surface area (Å²) in [7, 11) is 0. The number of benzene rings is 1. The number of rotatable bonds is 3. The van der Waals surface area contributed by atoms with Crippen molar-refractivity contribution in [2.24, 2.45) is 0 Å². The van der Waals surface area contributed by atoms with Gasteiger partial charge in [0, 0.05) is 6.20 Å². The Balaban J connectivity index is 2.36. The van der Waals surface area contributed by atoms with Gasteiger partial charge in [-0.1, -0.05) is 17.2 Å². The first kappa shape index (κ1) is 12.1. The Kier molecular flexibility index (Phi) is 3.41. The molecule has 0 radical (unpaired) electrons. The molecule has 0 unspecified atom stereocenters. The summed E-state index contributed by atoms with van der Waals surface area (Å²) < 4.78 is 5.13. The van der Waals surface area contributed by atoms with Crippen LogP contribution in [0.15, 0.2) is 40.5 Å². The number of nitrogens with zero attached hydrogens (tertiary/aromatic N) is 4. The van der Waals surface area contributed by atoms with E-state index >= 15 is 0 Å². The van der Waals surface area contributed by atoms with Crippen LogP contribution in [0.2, 0.25) is 0 Å². The van der Waals surface area contributed by atoms with E-state index in [1.165, 1.54) is 6.20 Å². The fourth-order valence-corrected chi connectivity index (χ4v) is 1.38. The quantitative estimate of drug-likeness (QED) is 0.795. The molecule has 2 aromatic rings. The normalized spacial score (nSPS) is 9.16. The van der Waals surface area contributed by atoms with Crippen LogP contribution in [0.25, 0.3) is 11.5 Å². The first-order valence-electron chi connectivity index (χ1n) is 5.20. The summed E-state index contributed by atoms with van der Waals surface area (Å²) in [5.74, 6) is 0.254. The molecule has 7 nitrogen and oxygen atoms in total. The van der Waals surface area contributed by atoms with Gasteiger partial charge in [0.15, 0.2) is 0 Å². The van der Waals surface area contributed by atoms with Crippen LogP contribution >= 0.6 is 0 Å². The third-order valence-electron chi connectivity index (χ3n) is 2.21. The molecule has 2 rings (SSSR count). The van der Waals surface area contributed by atoms with Gasteiger partial charge in [-0.3, -0.25) is 0 Å². The van der Waals surface area contributed by atoms with Crippen molar-refractivity contribution in [1.29, 1.82) is 10.5 Å². The zero-order chi connectivity index (χ0) is 13.7. The van der Waals surface area contributed by atoms with Gasteiger partial charge in [-0.15, -0.1) is 5.10 Å². The molecule has 0 atom stereocenters. The van der Waals surface area contributed by atoms with E-state index in [1.807, 2.05) is 0 Å². The molecule has 0 amide bonds. The van der Waals surface area contributed by atoms with E-state index in [0.29, 0.717) is 11.3 Å². The lowest BCUT2D eigenvalue weighted by Gasteiger charge is -2.05. The summed E-state index contributed by atoms with van der Waals surface area (Å²) in [6.45, 7) is 0. The summed E-state index contributed by atoms with van der Waals surface area (Å²) in [4.78, 5) is 0. The predicted molar refractivity (Wildman–Crippen MR) is 67.1 cm³/mol. The lowest BCUT2D eigenvalue weighted by Crippen LogP contribution is -1.93. The molecule has 19 heavy (non-hydrogen) atoms. The number of aromatic nitrogens is 2. The Morgan fingerprint density at radius 1 is 1.26 bits per heavy atom. The minimum absolute atomic E-state index is 0.0323. The van der Waals surface area contributed by atoms with Crippen molar-refractivity contribution in [3.63, 3.8) is 0 Å². The van der Waals surface area contributed by atoms with E-state index in [0.717, 1.165) is 0 Å². The van der Waals surface area contributed by atoms with Crippen LogP contribution in [0.4, 0.5) is 11.7 Å². The summed E-state index contributed by atoms with van der Waals surface area (Å²) in [5.41, 5.74) is 6.57. The SMILES string of the molecule is N#CC(C#N)=CNc1ccccc1-c1nnc(N)o1. The standard InChI is InChI=1S/C12H8N6O/c13-5-8(6-14)7-16-10-4-2-1-3-9(10)11-17-18-12(15)19-11/h1-4,7,16H,(H2,15,18). The molecule has 0 spiro atoms. The largest absolute Gasteiger partial charge is 0.403 e. The number of para-hydroxylation sites is 1. The Morgan fingerprint density at radius 3 is 2.63 bits per heavy atom.